The molecule has 0 aliphatic heterocycles. The summed E-state index contributed by atoms with van der Waals surface area (Å²) in [6, 6.07) is 5.45. The van der Waals surface area contributed by atoms with Crippen molar-refractivity contribution >= 4 is 15.0 Å². The van der Waals surface area contributed by atoms with Gasteiger partial charge in [0.25, 0.3) is 0 Å². The molecule has 0 saturated heterocycles. The summed E-state index contributed by atoms with van der Waals surface area (Å²) in [5, 5.41) is 0. The molecule has 0 heterocycles. The predicted octanol–water partition coefficient (Wildman–Crippen LogP) is 3.37. The highest BCUT2D eigenvalue weighted by Crippen LogP contribution is 2.39. The van der Waals surface area contributed by atoms with Gasteiger partial charge >= 0.3 is 6.18 Å². The number of benzene rings is 1. The number of Topliss-reactive ketones (excluding diaryl/α,β-unsaturated/α-hetero) is 1. The molecule has 0 aromatic heterocycles. The van der Waals surface area contributed by atoms with Crippen LogP contribution in [0.5, 0.6) is 0 Å². The highest BCUT2D eigenvalue weighted by Gasteiger charge is 2.37. The van der Waals surface area contributed by atoms with Crippen molar-refractivity contribution in [1.29, 1.82) is 0 Å². The van der Waals surface area contributed by atoms with Gasteiger partial charge in [0.2, 0.25) is 0 Å². The van der Waals surface area contributed by atoms with E-state index < -0.39 is 11.8 Å². The van der Waals surface area contributed by atoms with E-state index in [-0.39, 0.29) is 11.3 Å². The topological polar surface area (TPSA) is 17.1 Å². The third-order valence-electron chi connectivity index (χ3n) is 2.03. The number of hydrogen-bond donors (Lipinski definition) is 0. The summed E-state index contributed by atoms with van der Waals surface area (Å²) in [5.74, 6) is -0.158. The molecule has 0 N–H and O–H groups in total. The van der Waals surface area contributed by atoms with Gasteiger partial charge in [0.05, 0.1) is 5.66 Å². The first kappa shape index (κ1) is 12.2. The van der Waals surface area contributed by atoms with Crippen LogP contribution in [0.2, 0.25) is 0 Å². The fraction of sp³-hybridized carbons (Fsp3) is 0.300. The molecule has 1 aromatic carbocycles. The largest absolute Gasteiger partial charge is 0.399 e. The van der Waals surface area contributed by atoms with E-state index >= 15 is 0 Å². The molecule has 15 heavy (non-hydrogen) atoms. The van der Waals surface area contributed by atoms with Gasteiger partial charge in [0, 0.05) is 5.56 Å². The predicted molar refractivity (Wildman–Crippen MR) is 55.0 cm³/mol. The summed E-state index contributed by atoms with van der Waals surface area (Å²) in [7, 11) is 1.75. The lowest BCUT2D eigenvalue weighted by atomic mass is 10.1. The van der Waals surface area contributed by atoms with E-state index in [1.165, 1.54) is 31.2 Å². The van der Waals surface area contributed by atoms with Crippen molar-refractivity contribution in [1.82, 2.24) is 0 Å². The van der Waals surface area contributed by atoms with Crippen LogP contribution in [-0.4, -0.2) is 12.0 Å². The second kappa shape index (κ2) is 4.31. The van der Waals surface area contributed by atoms with Crippen LogP contribution >= 0.6 is 9.24 Å². The van der Waals surface area contributed by atoms with Gasteiger partial charge in [-0.15, -0.1) is 9.24 Å². The van der Waals surface area contributed by atoms with Crippen LogP contribution < -0.4 is 0 Å². The number of hydrogen-bond acceptors (Lipinski definition) is 1. The number of halogens is 3. The number of carbonyl (C=O) groups is 1. The molecular weight excluding hydrogens is 224 g/mol. The molecule has 2 unspecified atom stereocenters. The Morgan fingerprint density at radius 1 is 1.27 bits per heavy atom. The Labute approximate surface area is 87.9 Å². The molecule has 0 saturated carbocycles. The van der Waals surface area contributed by atoms with Gasteiger partial charge in [-0.25, -0.2) is 0 Å². The van der Waals surface area contributed by atoms with Crippen molar-refractivity contribution in [2.24, 2.45) is 0 Å². The maximum absolute atomic E-state index is 12.3. The number of ketones is 1. The minimum Gasteiger partial charge on any atom is -0.295 e. The molecule has 0 amide bonds. The van der Waals surface area contributed by atoms with Crippen LogP contribution in [0.15, 0.2) is 24.3 Å². The molecule has 0 bridgehead atoms. The molecule has 0 radical (unpaired) electrons. The Kier molecular flexibility index (Phi) is 3.50. The SMILES string of the molecule is CC(=O)c1ccc(C(P)C(F)(F)F)cc1. The van der Waals surface area contributed by atoms with Crippen molar-refractivity contribution in [3.63, 3.8) is 0 Å². The standard InChI is InChI=1S/C10H10F3OP/c1-6(14)7-2-4-8(5-3-7)9(15)10(11,12)13/h2-5,9H,15H2,1H3. The molecule has 1 rings (SSSR count). The van der Waals surface area contributed by atoms with Crippen LogP contribution in [0, 0.1) is 0 Å². The second-order valence-electron chi connectivity index (χ2n) is 3.20. The lowest BCUT2D eigenvalue weighted by molar-refractivity contribution is -0.130. The van der Waals surface area contributed by atoms with E-state index in [4.69, 9.17) is 0 Å². The Morgan fingerprint density at radius 3 is 2.07 bits per heavy atom. The quantitative estimate of drug-likeness (QED) is 0.566. The molecule has 2 atom stereocenters. The van der Waals surface area contributed by atoms with Crippen LogP contribution in [0.25, 0.3) is 0 Å². The first-order chi connectivity index (χ1) is 6.82. The zero-order chi connectivity index (χ0) is 11.6. The smallest absolute Gasteiger partial charge is 0.295 e. The van der Waals surface area contributed by atoms with Gasteiger partial charge in [0.15, 0.2) is 5.78 Å². The Hall–Kier alpha value is -0.890. The van der Waals surface area contributed by atoms with Gasteiger partial charge in [-0.05, 0) is 12.5 Å². The van der Waals surface area contributed by atoms with Crippen molar-refractivity contribution in [3.05, 3.63) is 35.4 Å². The van der Waals surface area contributed by atoms with E-state index in [0.29, 0.717) is 5.56 Å². The van der Waals surface area contributed by atoms with Gasteiger partial charge in [0.1, 0.15) is 0 Å². The Bertz CT molecular complexity index is 356. The zero-order valence-electron chi connectivity index (χ0n) is 8.01. The van der Waals surface area contributed by atoms with Crippen molar-refractivity contribution < 1.29 is 18.0 Å². The molecule has 0 spiro atoms. The van der Waals surface area contributed by atoms with E-state index in [9.17, 15) is 18.0 Å². The maximum atomic E-state index is 12.3. The maximum Gasteiger partial charge on any atom is 0.399 e. The van der Waals surface area contributed by atoms with E-state index in [2.05, 4.69) is 0 Å². The summed E-state index contributed by atoms with van der Waals surface area (Å²) in [5.41, 5.74) is -1.03. The van der Waals surface area contributed by atoms with Crippen molar-refractivity contribution in [2.45, 2.75) is 18.8 Å². The summed E-state index contributed by atoms with van der Waals surface area (Å²) >= 11 is 0. The molecule has 1 aromatic rings. The first-order valence-corrected chi connectivity index (χ1v) is 4.92. The molecule has 0 aliphatic carbocycles. The first-order valence-electron chi connectivity index (χ1n) is 4.25. The van der Waals surface area contributed by atoms with E-state index in [1.54, 1.807) is 9.24 Å². The number of carbonyl (C=O) groups excluding carboxylic acids is 1. The summed E-state index contributed by atoms with van der Waals surface area (Å²) < 4.78 is 36.9. The highest BCUT2D eigenvalue weighted by molar-refractivity contribution is 7.17. The third-order valence-corrected chi connectivity index (χ3v) is 2.79. The van der Waals surface area contributed by atoms with Gasteiger partial charge < -0.3 is 0 Å². The second-order valence-corrected chi connectivity index (χ2v) is 3.86. The van der Waals surface area contributed by atoms with Crippen molar-refractivity contribution in [2.75, 3.05) is 0 Å². The third kappa shape index (κ3) is 3.03. The van der Waals surface area contributed by atoms with Crippen LogP contribution in [0.4, 0.5) is 13.2 Å². The fourth-order valence-electron chi connectivity index (χ4n) is 1.11. The molecule has 82 valence electrons. The Morgan fingerprint density at radius 2 is 1.73 bits per heavy atom. The van der Waals surface area contributed by atoms with Crippen molar-refractivity contribution in [3.8, 4) is 0 Å². The van der Waals surface area contributed by atoms with Crippen LogP contribution in [0.1, 0.15) is 28.5 Å². The lowest BCUT2D eigenvalue weighted by Crippen LogP contribution is -2.15. The molecule has 0 fully saturated rings. The molecular formula is C10H10F3OP. The van der Waals surface area contributed by atoms with E-state index in [0.717, 1.165) is 0 Å². The fourth-order valence-corrected chi connectivity index (χ4v) is 1.34. The number of alkyl halides is 3. The normalized spacial score (nSPS) is 13.7. The highest BCUT2D eigenvalue weighted by atomic mass is 31.0. The van der Waals surface area contributed by atoms with Gasteiger partial charge in [-0.2, -0.15) is 13.2 Å². The average molecular weight is 234 g/mol. The summed E-state index contributed by atoms with van der Waals surface area (Å²) in [6.07, 6.45) is -4.28. The zero-order valence-corrected chi connectivity index (χ0v) is 9.16. The van der Waals surface area contributed by atoms with Gasteiger partial charge in [-0.1, -0.05) is 24.3 Å². The van der Waals surface area contributed by atoms with E-state index in [1.807, 2.05) is 0 Å². The Balaban J connectivity index is 2.94. The monoisotopic (exact) mass is 234 g/mol. The van der Waals surface area contributed by atoms with Gasteiger partial charge in [-0.3, -0.25) is 4.79 Å². The molecule has 1 nitrogen and oxygen atoms in total. The average Bonchev–Trinajstić information content (AvgIpc) is 2.15. The number of rotatable bonds is 2. The molecule has 0 aliphatic rings. The molecule has 5 heteroatoms. The van der Waals surface area contributed by atoms with Crippen LogP contribution in [-0.2, 0) is 0 Å². The summed E-state index contributed by atoms with van der Waals surface area (Å²) in [4.78, 5) is 10.9. The van der Waals surface area contributed by atoms with Crippen LogP contribution in [0.3, 0.4) is 0 Å². The lowest BCUT2D eigenvalue weighted by Gasteiger charge is -2.15. The minimum absolute atomic E-state index is 0.137. The summed E-state index contributed by atoms with van der Waals surface area (Å²) in [6.45, 7) is 1.37. The minimum atomic E-state index is -4.28.